The summed E-state index contributed by atoms with van der Waals surface area (Å²) in [6, 6.07) is 4.85. The van der Waals surface area contributed by atoms with Gasteiger partial charge in [0.05, 0.1) is 29.7 Å². The lowest BCUT2D eigenvalue weighted by Gasteiger charge is -2.32. The van der Waals surface area contributed by atoms with Crippen molar-refractivity contribution in [2.24, 2.45) is 4.99 Å². The minimum absolute atomic E-state index is 0.0543. The first kappa shape index (κ1) is 17.4. The number of hydrogen-bond donors (Lipinski definition) is 0. The second kappa shape index (κ2) is 6.61. The lowest BCUT2D eigenvalue weighted by molar-refractivity contribution is -0.129. The third-order valence-corrected chi connectivity index (χ3v) is 4.58. The summed E-state index contributed by atoms with van der Waals surface area (Å²) in [5.41, 5.74) is 2.68. The Morgan fingerprint density at radius 2 is 2.00 bits per heavy atom. The van der Waals surface area contributed by atoms with Gasteiger partial charge in [-0.2, -0.15) is 0 Å². The molecule has 0 unspecified atom stereocenters. The Morgan fingerprint density at radius 1 is 1.19 bits per heavy atom. The standard InChI is InChI=1S/C19H20FN5O2/c1-11(2)27-16-6-12-14(7-13(16)20)23-19(12)15-8-17(22-10-21-15)25-5-4-24(3)18(26)9-25/h6-8,10-11H,4-5,9H2,1-3H3. The Morgan fingerprint density at radius 3 is 2.74 bits per heavy atom. The summed E-state index contributed by atoms with van der Waals surface area (Å²) in [4.78, 5) is 28.6. The minimum Gasteiger partial charge on any atom is -0.488 e. The highest BCUT2D eigenvalue weighted by Crippen LogP contribution is 2.37. The van der Waals surface area contributed by atoms with Crippen LogP contribution in [0.5, 0.6) is 5.75 Å². The first-order valence-corrected chi connectivity index (χ1v) is 8.83. The number of anilines is 1. The molecule has 1 aromatic heterocycles. The predicted octanol–water partition coefficient (Wildman–Crippen LogP) is 2.16. The Kier molecular flexibility index (Phi) is 4.25. The van der Waals surface area contributed by atoms with E-state index in [1.807, 2.05) is 24.8 Å². The van der Waals surface area contributed by atoms with Gasteiger partial charge in [0.15, 0.2) is 11.6 Å². The van der Waals surface area contributed by atoms with Crippen LogP contribution in [0.3, 0.4) is 0 Å². The predicted molar refractivity (Wildman–Crippen MR) is 99.3 cm³/mol. The molecule has 1 aromatic carbocycles. The fraction of sp³-hybridized carbons (Fsp3) is 0.368. The van der Waals surface area contributed by atoms with Gasteiger partial charge in [0.25, 0.3) is 0 Å². The van der Waals surface area contributed by atoms with Crippen LogP contribution in [0.25, 0.3) is 0 Å². The molecule has 3 heterocycles. The second-order valence-corrected chi connectivity index (χ2v) is 6.93. The van der Waals surface area contributed by atoms with E-state index in [0.29, 0.717) is 36.0 Å². The summed E-state index contributed by atoms with van der Waals surface area (Å²) >= 11 is 0. The molecule has 1 fully saturated rings. The van der Waals surface area contributed by atoms with Crippen LogP contribution in [0.2, 0.25) is 0 Å². The number of carbonyl (C=O) groups excluding carboxylic acids is 1. The topological polar surface area (TPSA) is 70.9 Å². The van der Waals surface area contributed by atoms with Crippen LogP contribution in [0, 0.1) is 5.82 Å². The molecule has 0 radical (unpaired) electrons. The molecule has 8 heteroatoms. The molecule has 0 atom stereocenters. The van der Waals surface area contributed by atoms with Crippen LogP contribution in [0.4, 0.5) is 15.9 Å². The van der Waals surface area contributed by atoms with Gasteiger partial charge in [-0.1, -0.05) is 0 Å². The summed E-state index contributed by atoms with van der Waals surface area (Å²) in [6.07, 6.45) is 1.33. The summed E-state index contributed by atoms with van der Waals surface area (Å²) in [6.45, 7) is 5.34. The number of likely N-dealkylation sites (N-methyl/N-ethyl adjacent to an activating group) is 1. The van der Waals surface area contributed by atoms with E-state index >= 15 is 0 Å². The third-order valence-electron chi connectivity index (χ3n) is 4.58. The number of aromatic nitrogens is 2. The zero-order chi connectivity index (χ0) is 19.1. The summed E-state index contributed by atoms with van der Waals surface area (Å²) < 4.78 is 19.6. The van der Waals surface area contributed by atoms with E-state index in [1.54, 1.807) is 18.0 Å². The Labute approximate surface area is 156 Å². The number of fused-ring (bicyclic) bond motifs is 1. The second-order valence-electron chi connectivity index (χ2n) is 6.93. The van der Waals surface area contributed by atoms with Crippen molar-refractivity contribution in [3.63, 3.8) is 0 Å². The SMILES string of the molecule is CC(C)Oc1cc2c(cc1F)N=C2c1cc(N2CCN(C)C(=O)C2)ncn1. The summed E-state index contributed by atoms with van der Waals surface area (Å²) in [5, 5.41) is 0. The maximum Gasteiger partial charge on any atom is 0.241 e. The highest BCUT2D eigenvalue weighted by atomic mass is 19.1. The Bertz CT molecular complexity index is 944. The van der Waals surface area contributed by atoms with Crippen molar-refractivity contribution in [1.29, 1.82) is 0 Å². The van der Waals surface area contributed by atoms with E-state index in [0.717, 1.165) is 5.56 Å². The zero-order valence-corrected chi connectivity index (χ0v) is 15.4. The van der Waals surface area contributed by atoms with Gasteiger partial charge in [0.2, 0.25) is 5.91 Å². The number of hydrogen-bond acceptors (Lipinski definition) is 6. The molecule has 0 bridgehead atoms. The van der Waals surface area contributed by atoms with Gasteiger partial charge in [-0.05, 0) is 19.9 Å². The normalized spacial score (nSPS) is 16.2. The van der Waals surface area contributed by atoms with Crippen molar-refractivity contribution in [2.75, 3.05) is 31.6 Å². The zero-order valence-electron chi connectivity index (χ0n) is 15.4. The van der Waals surface area contributed by atoms with Crippen LogP contribution in [-0.2, 0) is 4.79 Å². The van der Waals surface area contributed by atoms with E-state index in [-0.39, 0.29) is 24.3 Å². The van der Waals surface area contributed by atoms with Crippen molar-refractivity contribution >= 4 is 23.1 Å². The first-order valence-electron chi connectivity index (χ1n) is 8.83. The molecule has 0 N–H and O–H groups in total. The van der Waals surface area contributed by atoms with Gasteiger partial charge in [0.1, 0.15) is 12.1 Å². The molecule has 0 saturated carbocycles. The Balaban J connectivity index is 1.60. The van der Waals surface area contributed by atoms with E-state index < -0.39 is 5.82 Å². The average Bonchev–Trinajstić information content (AvgIpc) is 2.62. The molecule has 2 aliphatic heterocycles. The van der Waals surface area contributed by atoms with E-state index in [4.69, 9.17) is 4.74 Å². The number of carbonyl (C=O) groups is 1. The molecule has 140 valence electrons. The van der Waals surface area contributed by atoms with Gasteiger partial charge in [-0.15, -0.1) is 0 Å². The number of amides is 1. The number of ether oxygens (including phenoxy) is 1. The maximum absolute atomic E-state index is 14.1. The quantitative estimate of drug-likeness (QED) is 0.705. The molecule has 1 amide bonds. The van der Waals surface area contributed by atoms with Crippen molar-refractivity contribution in [2.45, 2.75) is 20.0 Å². The maximum atomic E-state index is 14.1. The fourth-order valence-electron chi connectivity index (χ4n) is 3.10. The lowest BCUT2D eigenvalue weighted by atomic mass is 9.98. The molecular formula is C19H20FN5O2. The number of aliphatic imine (C=N–C) groups is 1. The number of benzene rings is 1. The number of rotatable bonds is 4. The van der Waals surface area contributed by atoms with Crippen LogP contribution in [0.15, 0.2) is 29.5 Å². The van der Waals surface area contributed by atoms with Crippen molar-refractivity contribution in [3.05, 3.63) is 41.6 Å². The van der Waals surface area contributed by atoms with E-state index in [1.165, 1.54) is 12.4 Å². The van der Waals surface area contributed by atoms with Crippen LogP contribution in [0.1, 0.15) is 25.1 Å². The first-order chi connectivity index (χ1) is 12.9. The van der Waals surface area contributed by atoms with Crippen molar-refractivity contribution < 1.29 is 13.9 Å². The molecule has 0 spiro atoms. The van der Waals surface area contributed by atoms with Crippen LogP contribution in [-0.4, -0.2) is 59.3 Å². The molecule has 2 aromatic rings. The molecule has 0 aliphatic carbocycles. The van der Waals surface area contributed by atoms with E-state index in [2.05, 4.69) is 15.0 Å². The minimum atomic E-state index is -0.426. The summed E-state index contributed by atoms with van der Waals surface area (Å²) in [7, 11) is 1.79. The molecule has 7 nitrogen and oxygen atoms in total. The Hall–Kier alpha value is -3.03. The third kappa shape index (κ3) is 3.22. The molecular weight excluding hydrogens is 349 g/mol. The van der Waals surface area contributed by atoms with Gasteiger partial charge in [0, 0.05) is 37.8 Å². The highest BCUT2D eigenvalue weighted by Gasteiger charge is 2.27. The van der Waals surface area contributed by atoms with Crippen LogP contribution < -0.4 is 9.64 Å². The van der Waals surface area contributed by atoms with Crippen LogP contribution >= 0.6 is 0 Å². The number of nitrogens with zero attached hydrogens (tertiary/aromatic N) is 5. The largest absolute Gasteiger partial charge is 0.488 e. The molecule has 2 aliphatic rings. The van der Waals surface area contributed by atoms with Gasteiger partial charge in [-0.25, -0.2) is 19.4 Å². The molecule has 4 rings (SSSR count). The van der Waals surface area contributed by atoms with Crippen molar-refractivity contribution in [1.82, 2.24) is 14.9 Å². The molecule has 27 heavy (non-hydrogen) atoms. The van der Waals surface area contributed by atoms with Gasteiger partial charge >= 0.3 is 0 Å². The highest BCUT2D eigenvalue weighted by molar-refractivity contribution is 6.21. The number of piperazine rings is 1. The number of halogens is 1. The monoisotopic (exact) mass is 369 g/mol. The van der Waals surface area contributed by atoms with E-state index in [9.17, 15) is 9.18 Å². The molecule has 1 saturated heterocycles. The van der Waals surface area contributed by atoms with Gasteiger partial charge < -0.3 is 14.5 Å². The van der Waals surface area contributed by atoms with Crippen molar-refractivity contribution in [3.8, 4) is 5.75 Å². The average molecular weight is 369 g/mol. The lowest BCUT2D eigenvalue weighted by Crippen LogP contribution is -2.48. The summed E-state index contributed by atoms with van der Waals surface area (Å²) in [5.74, 6) is 0.511. The van der Waals surface area contributed by atoms with Gasteiger partial charge in [-0.3, -0.25) is 4.79 Å². The smallest absolute Gasteiger partial charge is 0.241 e. The fourth-order valence-corrected chi connectivity index (χ4v) is 3.10.